The van der Waals surface area contributed by atoms with E-state index in [2.05, 4.69) is 31.3 Å². The first kappa shape index (κ1) is 11.5. The zero-order chi connectivity index (χ0) is 11.4. The molecule has 0 bridgehead atoms. The number of amidine groups is 1. The van der Waals surface area contributed by atoms with Gasteiger partial charge in [-0.2, -0.15) is 0 Å². The van der Waals surface area contributed by atoms with Gasteiger partial charge < -0.3 is 5.32 Å². The second-order valence-electron chi connectivity index (χ2n) is 4.52. The molecule has 0 radical (unpaired) electrons. The third-order valence-electron chi connectivity index (χ3n) is 2.48. The van der Waals surface area contributed by atoms with Gasteiger partial charge in [-0.1, -0.05) is 43.8 Å². The topological polar surface area (TPSA) is 24.4 Å². The lowest BCUT2D eigenvalue weighted by atomic mass is 10.1. The van der Waals surface area contributed by atoms with E-state index in [9.17, 15) is 0 Å². The second kappa shape index (κ2) is 5.39. The van der Waals surface area contributed by atoms with Crippen LogP contribution in [0.4, 0.5) is 5.69 Å². The number of anilines is 1. The molecule has 0 amide bonds. The smallest absolute Gasteiger partial charge is 0.161 e. The van der Waals surface area contributed by atoms with Crippen LogP contribution in [0.2, 0.25) is 0 Å². The van der Waals surface area contributed by atoms with Crippen LogP contribution in [0.5, 0.6) is 0 Å². The molecule has 1 aliphatic heterocycles. The predicted molar refractivity (Wildman–Crippen MR) is 73.2 cm³/mol. The largest absolute Gasteiger partial charge is 0.335 e. The molecule has 86 valence electrons. The van der Waals surface area contributed by atoms with Crippen LogP contribution >= 0.6 is 11.8 Å². The molecular weight excluding hydrogens is 216 g/mol. The highest BCUT2D eigenvalue weighted by Crippen LogP contribution is 2.23. The summed E-state index contributed by atoms with van der Waals surface area (Å²) in [6.07, 6.45) is 1.19. The van der Waals surface area contributed by atoms with E-state index in [0.29, 0.717) is 6.04 Å². The average molecular weight is 234 g/mol. The van der Waals surface area contributed by atoms with Gasteiger partial charge in [-0.25, -0.2) is 0 Å². The lowest BCUT2D eigenvalue weighted by Crippen LogP contribution is -2.08. The Bertz CT molecular complexity index is 359. The summed E-state index contributed by atoms with van der Waals surface area (Å²) >= 11 is 1.83. The van der Waals surface area contributed by atoms with E-state index in [0.717, 1.165) is 22.5 Å². The van der Waals surface area contributed by atoms with Gasteiger partial charge in [0.15, 0.2) is 5.17 Å². The summed E-state index contributed by atoms with van der Waals surface area (Å²) in [6, 6.07) is 10.7. The zero-order valence-corrected chi connectivity index (χ0v) is 10.6. The number of aliphatic imine (C=N–C) groups is 1. The van der Waals surface area contributed by atoms with E-state index in [1.165, 1.54) is 6.42 Å². The number of hydrogen-bond donors (Lipinski definition) is 1. The second-order valence-corrected chi connectivity index (χ2v) is 5.53. The first-order valence-corrected chi connectivity index (χ1v) is 6.75. The maximum Gasteiger partial charge on any atom is 0.161 e. The van der Waals surface area contributed by atoms with Crippen LogP contribution in [0.3, 0.4) is 0 Å². The molecular formula is C13H18N2S. The Kier molecular flexibility index (Phi) is 3.88. The molecule has 0 fully saturated rings. The normalized spacial score (nSPS) is 19.9. The van der Waals surface area contributed by atoms with Crippen LogP contribution in [0.25, 0.3) is 0 Å². The summed E-state index contributed by atoms with van der Waals surface area (Å²) in [7, 11) is 0. The maximum atomic E-state index is 4.69. The summed E-state index contributed by atoms with van der Waals surface area (Å²) in [5.41, 5.74) is 1.12. The lowest BCUT2D eigenvalue weighted by Gasteiger charge is -2.07. The van der Waals surface area contributed by atoms with Crippen molar-refractivity contribution in [1.29, 1.82) is 0 Å². The minimum Gasteiger partial charge on any atom is -0.335 e. The molecule has 1 heterocycles. The van der Waals surface area contributed by atoms with Crippen molar-refractivity contribution in [3.8, 4) is 0 Å². The van der Waals surface area contributed by atoms with Crippen molar-refractivity contribution in [3.63, 3.8) is 0 Å². The lowest BCUT2D eigenvalue weighted by molar-refractivity contribution is 0.529. The Morgan fingerprint density at radius 2 is 2.12 bits per heavy atom. The number of nitrogens with zero attached hydrogens (tertiary/aromatic N) is 1. The van der Waals surface area contributed by atoms with Crippen molar-refractivity contribution in [2.75, 3.05) is 11.1 Å². The quantitative estimate of drug-likeness (QED) is 0.864. The predicted octanol–water partition coefficient (Wildman–Crippen LogP) is 3.62. The fourth-order valence-corrected chi connectivity index (χ4v) is 2.77. The van der Waals surface area contributed by atoms with Crippen LogP contribution in [0.15, 0.2) is 35.3 Å². The van der Waals surface area contributed by atoms with Crippen LogP contribution in [-0.4, -0.2) is 17.0 Å². The maximum absolute atomic E-state index is 4.69. The SMILES string of the molecule is CC(C)CC1CSC(Nc2ccccc2)=N1. The summed E-state index contributed by atoms with van der Waals surface area (Å²) < 4.78 is 0. The van der Waals surface area contributed by atoms with Crippen molar-refractivity contribution in [1.82, 2.24) is 0 Å². The third-order valence-corrected chi connectivity index (χ3v) is 3.51. The average Bonchev–Trinajstić information content (AvgIpc) is 2.66. The fourth-order valence-electron chi connectivity index (χ4n) is 1.79. The van der Waals surface area contributed by atoms with Gasteiger partial charge in [-0.3, -0.25) is 4.99 Å². The molecule has 0 aromatic heterocycles. The molecule has 1 aromatic carbocycles. The first-order valence-electron chi connectivity index (χ1n) is 5.76. The van der Waals surface area contributed by atoms with Gasteiger partial charge in [0.1, 0.15) is 0 Å². The highest BCUT2D eigenvalue weighted by atomic mass is 32.2. The van der Waals surface area contributed by atoms with E-state index < -0.39 is 0 Å². The molecule has 2 rings (SSSR count). The van der Waals surface area contributed by atoms with E-state index in [1.807, 2.05) is 30.0 Å². The summed E-state index contributed by atoms with van der Waals surface area (Å²) in [5, 5.41) is 4.42. The summed E-state index contributed by atoms with van der Waals surface area (Å²) in [4.78, 5) is 4.69. The Balaban J connectivity index is 1.92. The number of benzene rings is 1. The molecule has 16 heavy (non-hydrogen) atoms. The molecule has 0 spiro atoms. The number of thioether (sulfide) groups is 1. The minimum atomic E-state index is 0.496. The molecule has 1 atom stereocenters. The van der Waals surface area contributed by atoms with Gasteiger partial charge >= 0.3 is 0 Å². The van der Waals surface area contributed by atoms with Crippen LogP contribution in [0, 0.1) is 5.92 Å². The van der Waals surface area contributed by atoms with Crippen LogP contribution in [-0.2, 0) is 0 Å². The van der Waals surface area contributed by atoms with E-state index >= 15 is 0 Å². The monoisotopic (exact) mass is 234 g/mol. The Labute approximate surface area is 102 Å². The molecule has 0 aliphatic carbocycles. The molecule has 1 aliphatic rings. The molecule has 0 saturated carbocycles. The first-order chi connectivity index (χ1) is 7.74. The minimum absolute atomic E-state index is 0.496. The van der Waals surface area contributed by atoms with Crippen molar-refractivity contribution in [2.24, 2.45) is 10.9 Å². The Hall–Kier alpha value is -0.960. The Morgan fingerprint density at radius 1 is 1.38 bits per heavy atom. The van der Waals surface area contributed by atoms with Crippen LogP contribution < -0.4 is 5.32 Å². The standard InChI is InChI=1S/C13H18N2S/c1-10(2)8-12-9-16-13(15-12)14-11-6-4-3-5-7-11/h3-7,10,12H,8-9H2,1-2H3,(H,14,15). The highest BCUT2D eigenvalue weighted by molar-refractivity contribution is 8.14. The number of nitrogens with one attached hydrogen (secondary N) is 1. The zero-order valence-electron chi connectivity index (χ0n) is 9.81. The van der Waals surface area contributed by atoms with Crippen molar-refractivity contribution in [3.05, 3.63) is 30.3 Å². The van der Waals surface area contributed by atoms with Gasteiger partial charge in [0, 0.05) is 11.4 Å². The molecule has 2 nitrogen and oxygen atoms in total. The number of rotatable bonds is 3. The molecule has 1 unspecified atom stereocenters. The van der Waals surface area contributed by atoms with E-state index in [1.54, 1.807) is 0 Å². The van der Waals surface area contributed by atoms with Crippen molar-refractivity contribution < 1.29 is 0 Å². The van der Waals surface area contributed by atoms with Crippen LogP contribution in [0.1, 0.15) is 20.3 Å². The molecule has 1 N–H and O–H groups in total. The number of para-hydroxylation sites is 1. The third kappa shape index (κ3) is 3.27. The fraction of sp³-hybridized carbons (Fsp3) is 0.462. The summed E-state index contributed by atoms with van der Waals surface area (Å²) in [5.74, 6) is 1.85. The van der Waals surface area contributed by atoms with E-state index in [-0.39, 0.29) is 0 Å². The van der Waals surface area contributed by atoms with E-state index in [4.69, 9.17) is 4.99 Å². The summed E-state index contributed by atoms with van der Waals surface area (Å²) in [6.45, 7) is 4.51. The highest BCUT2D eigenvalue weighted by Gasteiger charge is 2.18. The molecule has 1 aromatic rings. The number of hydrogen-bond acceptors (Lipinski definition) is 3. The molecule has 0 saturated heterocycles. The molecule has 3 heteroatoms. The van der Waals surface area contributed by atoms with Gasteiger partial charge in [-0.05, 0) is 24.5 Å². The van der Waals surface area contributed by atoms with Gasteiger partial charge in [0.05, 0.1) is 6.04 Å². The van der Waals surface area contributed by atoms with Crippen molar-refractivity contribution in [2.45, 2.75) is 26.3 Å². The van der Waals surface area contributed by atoms with Gasteiger partial charge in [0.2, 0.25) is 0 Å². The van der Waals surface area contributed by atoms with Gasteiger partial charge in [0.25, 0.3) is 0 Å². The Morgan fingerprint density at radius 3 is 2.81 bits per heavy atom. The van der Waals surface area contributed by atoms with Gasteiger partial charge in [-0.15, -0.1) is 0 Å². The van der Waals surface area contributed by atoms with Crippen molar-refractivity contribution >= 4 is 22.6 Å².